The highest BCUT2D eigenvalue weighted by atomic mass is 79.9. The molecule has 0 unspecified atom stereocenters. The molecule has 0 bridgehead atoms. The van der Waals surface area contributed by atoms with E-state index >= 15 is 0 Å². The molecule has 1 N–H and O–H groups in total. The fourth-order valence-corrected chi connectivity index (χ4v) is 3.95. The van der Waals surface area contributed by atoms with E-state index in [1.165, 1.54) is 11.3 Å². The molecule has 1 aromatic carbocycles. The maximum absolute atomic E-state index is 11.9. The van der Waals surface area contributed by atoms with Crippen LogP contribution < -0.4 is 5.56 Å². The first kappa shape index (κ1) is 14.4. The molecule has 0 aliphatic carbocycles. The van der Waals surface area contributed by atoms with Crippen molar-refractivity contribution in [2.24, 2.45) is 0 Å². The molecule has 2 aromatic heterocycles. The Balaban J connectivity index is 0.00000133. The van der Waals surface area contributed by atoms with Crippen LogP contribution in [-0.2, 0) is 0 Å². The van der Waals surface area contributed by atoms with Crippen molar-refractivity contribution in [1.29, 1.82) is 0 Å². The second-order valence-corrected chi connectivity index (χ2v) is 5.73. The molecule has 0 spiro atoms. The molecule has 6 heteroatoms. The number of aryl methyl sites for hydroxylation is 1. The van der Waals surface area contributed by atoms with Gasteiger partial charge in [-0.05, 0) is 28.4 Å². The molecule has 2 heterocycles. The summed E-state index contributed by atoms with van der Waals surface area (Å²) in [6.45, 7) is 1.79. The number of hydrogen-bond acceptors (Lipinski definition) is 3. The summed E-state index contributed by atoms with van der Waals surface area (Å²) in [5.41, 5.74) is 0.993. The highest BCUT2D eigenvalue weighted by Gasteiger charge is 2.15. The molecule has 3 rings (SSSR count). The fraction of sp³-hybridized carbons (Fsp3) is 0.0769. The lowest BCUT2D eigenvalue weighted by molar-refractivity contribution is 1.06. The summed E-state index contributed by atoms with van der Waals surface area (Å²) >= 11 is 5.04. The van der Waals surface area contributed by atoms with Gasteiger partial charge in [0.05, 0.1) is 14.7 Å². The number of thiophene rings is 1. The molecular formula is C13H10Br2N2OS. The van der Waals surface area contributed by atoms with Gasteiger partial charge in [-0.2, -0.15) is 0 Å². The maximum Gasteiger partial charge on any atom is 0.260 e. The van der Waals surface area contributed by atoms with E-state index < -0.39 is 0 Å². The zero-order valence-corrected chi connectivity index (χ0v) is 14.1. The van der Waals surface area contributed by atoms with Gasteiger partial charge in [-0.1, -0.05) is 30.3 Å². The molecule has 3 aromatic rings. The maximum atomic E-state index is 11.9. The Morgan fingerprint density at radius 1 is 1.26 bits per heavy atom. The highest BCUT2D eigenvalue weighted by molar-refractivity contribution is 9.10. The van der Waals surface area contributed by atoms with Crippen LogP contribution >= 0.6 is 44.2 Å². The van der Waals surface area contributed by atoms with E-state index in [1.54, 1.807) is 6.92 Å². The first-order valence-electron chi connectivity index (χ1n) is 5.41. The summed E-state index contributed by atoms with van der Waals surface area (Å²) in [7, 11) is 0. The van der Waals surface area contributed by atoms with E-state index in [0.29, 0.717) is 11.2 Å². The largest absolute Gasteiger partial charge is 0.310 e. The van der Waals surface area contributed by atoms with Crippen molar-refractivity contribution in [2.45, 2.75) is 6.92 Å². The highest BCUT2D eigenvalue weighted by Crippen LogP contribution is 2.39. The first-order valence-corrected chi connectivity index (χ1v) is 7.02. The SMILES string of the molecule is Br.Cc1nc2sc(-c3ccccc3)c(Br)c2c(=O)[nH]1. The smallest absolute Gasteiger partial charge is 0.260 e. The van der Waals surface area contributed by atoms with Crippen LogP contribution in [0.25, 0.3) is 20.7 Å². The lowest BCUT2D eigenvalue weighted by atomic mass is 10.2. The van der Waals surface area contributed by atoms with Crippen LogP contribution in [0.3, 0.4) is 0 Å². The van der Waals surface area contributed by atoms with Gasteiger partial charge in [0.15, 0.2) is 0 Å². The van der Waals surface area contributed by atoms with Crippen LogP contribution in [0.4, 0.5) is 0 Å². The van der Waals surface area contributed by atoms with Gasteiger partial charge >= 0.3 is 0 Å². The lowest BCUT2D eigenvalue weighted by Crippen LogP contribution is -2.08. The number of rotatable bonds is 1. The van der Waals surface area contributed by atoms with Crippen LogP contribution in [0.2, 0.25) is 0 Å². The Morgan fingerprint density at radius 3 is 2.63 bits per heavy atom. The van der Waals surface area contributed by atoms with Crippen molar-refractivity contribution in [3.63, 3.8) is 0 Å². The second kappa shape index (κ2) is 5.56. The molecule has 3 nitrogen and oxygen atoms in total. The van der Waals surface area contributed by atoms with Crippen molar-refractivity contribution in [1.82, 2.24) is 9.97 Å². The molecule has 0 atom stereocenters. The summed E-state index contributed by atoms with van der Waals surface area (Å²) in [6.07, 6.45) is 0. The molecule has 0 radical (unpaired) electrons. The molecular weight excluding hydrogens is 392 g/mol. The molecule has 0 saturated carbocycles. The number of nitrogens with one attached hydrogen (secondary N) is 1. The lowest BCUT2D eigenvalue weighted by Gasteiger charge is -1.96. The molecule has 0 aliphatic heterocycles. The number of halogens is 2. The predicted molar refractivity (Wildman–Crippen MR) is 88.4 cm³/mol. The average molecular weight is 402 g/mol. The zero-order valence-electron chi connectivity index (χ0n) is 9.94. The number of benzene rings is 1. The summed E-state index contributed by atoms with van der Waals surface area (Å²) in [6, 6.07) is 9.98. The van der Waals surface area contributed by atoms with Gasteiger partial charge < -0.3 is 4.98 Å². The standard InChI is InChI=1S/C13H9BrN2OS.BrH/c1-7-15-12(17)9-10(14)11(18-13(9)16-7)8-5-3-2-4-6-8;/h2-6H,1H3,(H,15,16,17);1H. The van der Waals surface area contributed by atoms with Crippen LogP contribution in [0.1, 0.15) is 5.82 Å². The monoisotopic (exact) mass is 400 g/mol. The predicted octanol–water partition coefficient (Wildman–Crippen LogP) is 4.30. The quantitative estimate of drug-likeness (QED) is 0.660. The minimum absolute atomic E-state index is 0. The number of fused-ring (bicyclic) bond motifs is 1. The molecule has 0 fully saturated rings. The van der Waals surface area contributed by atoms with Crippen LogP contribution in [0.5, 0.6) is 0 Å². The minimum Gasteiger partial charge on any atom is -0.310 e. The zero-order chi connectivity index (χ0) is 12.7. The molecule has 0 amide bonds. The number of H-pyrrole nitrogens is 1. The Bertz CT molecular complexity index is 780. The van der Waals surface area contributed by atoms with E-state index in [0.717, 1.165) is 19.7 Å². The molecule has 98 valence electrons. The van der Waals surface area contributed by atoms with Crippen LogP contribution in [0, 0.1) is 6.92 Å². The fourth-order valence-electron chi connectivity index (χ4n) is 1.86. The van der Waals surface area contributed by atoms with Gasteiger partial charge in [0, 0.05) is 0 Å². The Kier molecular flexibility index (Phi) is 4.23. The third kappa shape index (κ3) is 2.52. The number of aromatic amines is 1. The van der Waals surface area contributed by atoms with Crippen LogP contribution in [0.15, 0.2) is 39.6 Å². The van der Waals surface area contributed by atoms with Crippen molar-refractivity contribution < 1.29 is 0 Å². The summed E-state index contributed by atoms with van der Waals surface area (Å²) in [5.74, 6) is 0.640. The van der Waals surface area contributed by atoms with Gasteiger partial charge in [-0.15, -0.1) is 28.3 Å². The van der Waals surface area contributed by atoms with Gasteiger partial charge in [0.1, 0.15) is 10.7 Å². The number of nitrogens with zero attached hydrogens (tertiary/aromatic N) is 1. The minimum atomic E-state index is -0.0946. The van der Waals surface area contributed by atoms with Crippen molar-refractivity contribution >= 4 is 54.5 Å². The van der Waals surface area contributed by atoms with E-state index in [9.17, 15) is 4.79 Å². The van der Waals surface area contributed by atoms with Gasteiger partial charge in [-0.25, -0.2) is 4.98 Å². The normalized spacial score (nSPS) is 10.4. The first-order chi connectivity index (χ1) is 8.66. The summed E-state index contributed by atoms with van der Waals surface area (Å²) in [4.78, 5) is 20.9. The number of aromatic nitrogens is 2. The summed E-state index contributed by atoms with van der Waals surface area (Å²) < 4.78 is 0.822. The Hall–Kier alpha value is -0.980. The van der Waals surface area contributed by atoms with E-state index in [1.807, 2.05) is 30.3 Å². The molecule has 0 saturated heterocycles. The summed E-state index contributed by atoms with van der Waals surface area (Å²) in [5, 5.41) is 0.629. The second-order valence-electron chi connectivity index (χ2n) is 3.94. The van der Waals surface area contributed by atoms with E-state index in [-0.39, 0.29) is 22.5 Å². The third-order valence-electron chi connectivity index (χ3n) is 2.66. The van der Waals surface area contributed by atoms with E-state index in [2.05, 4.69) is 25.9 Å². The topological polar surface area (TPSA) is 45.8 Å². The van der Waals surface area contributed by atoms with Crippen molar-refractivity contribution in [3.8, 4) is 10.4 Å². The van der Waals surface area contributed by atoms with Crippen molar-refractivity contribution in [2.75, 3.05) is 0 Å². The Labute approximate surface area is 132 Å². The Morgan fingerprint density at radius 2 is 1.95 bits per heavy atom. The van der Waals surface area contributed by atoms with Gasteiger partial charge in [0.2, 0.25) is 0 Å². The van der Waals surface area contributed by atoms with Crippen molar-refractivity contribution in [3.05, 3.63) is 51.0 Å². The van der Waals surface area contributed by atoms with Crippen LogP contribution in [-0.4, -0.2) is 9.97 Å². The van der Waals surface area contributed by atoms with Gasteiger partial charge in [0.25, 0.3) is 5.56 Å². The average Bonchev–Trinajstić information content (AvgIpc) is 2.67. The molecule has 0 aliphatic rings. The molecule has 19 heavy (non-hydrogen) atoms. The number of hydrogen-bond donors (Lipinski definition) is 1. The van der Waals surface area contributed by atoms with Gasteiger partial charge in [-0.3, -0.25) is 4.79 Å². The van der Waals surface area contributed by atoms with E-state index in [4.69, 9.17) is 0 Å². The third-order valence-corrected chi connectivity index (χ3v) is 4.85.